The lowest BCUT2D eigenvalue weighted by molar-refractivity contribution is 0.148. The largest absolute Gasteiger partial charge is 0.0602 e. The summed E-state index contributed by atoms with van der Waals surface area (Å²) in [5.74, 6) is 3.23. The van der Waals surface area contributed by atoms with Crippen molar-refractivity contribution < 1.29 is 0 Å². The summed E-state index contributed by atoms with van der Waals surface area (Å²) in [7, 11) is 0. The van der Waals surface area contributed by atoms with Crippen LogP contribution in [0.2, 0.25) is 0 Å². The maximum absolute atomic E-state index is 2.41. The molecule has 0 aromatic carbocycles. The van der Waals surface area contributed by atoms with Crippen LogP contribution in [-0.4, -0.2) is 0 Å². The second-order valence-corrected chi connectivity index (χ2v) is 7.33. The first-order valence-electron chi connectivity index (χ1n) is 7.03. The highest BCUT2D eigenvalue weighted by Crippen LogP contribution is 2.42. The highest BCUT2D eigenvalue weighted by molar-refractivity contribution is 4.81. The molecule has 15 heavy (non-hydrogen) atoms. The minimum atomic E-state index is 0.545. The molecule has 0 N–H and O–H groups in total. The van der Waals surface area contributed by atoms with E-state index in [4.69, 9.17) is 0 Å². The molecule has 1 atom stereocenters. The van der Waals surface area contributed by atoms with E-state index in [1.165, 1.54) is 19.3 Å². The van der Waals surface area contributed by atoms with Crippen LogP contribution in [0.4, 0.5) is 0 Å². The molecule has 0 nitrogen and oxygen atoms in total. The van der Waals surface area contributed by atoms with Crippen LogP contribution in [0.15, 0.2) is 0 Å². The van der Waals surface area contributed by atoms with E-state index in [2.05, 4.69) is 20.8 Å². The van der Waals surface area contributed by atoms with Gasteiger partial charge in [-0.3, -0.25) is 0 Å². The van der Waals surface area contributed by atoms with Gasteiger partial charge in [-0.25, -0.2) is 0 Å². The van der Waals surface area contributed by atoms with Gasteiger partial charge in [0.25, 0.3) is 0 Å². The van der Waals surface area contributed by atoms with Gasteiger partial charge in [0.15, 0.2) is 0 Å². The average Bonchev–Trinajstić information content (AvgIpc) is 2.09. The molecule has 3 aliphatic rings. The van der Waals surface area contributed by atoms with Crippen molar-refractivity contribution >= 4 is 0 Å². The zero-order valence-corrected chi connectivity index (χ0v) is 10.9. The van der Waals surface area contributed by atoms with Crippen LogP contribution < -0.4 is 0 Å². The third-order valence-electron chi connectivity index (χ3n) is 4.52. The van der Waals surface area contributed by atoms with E-state index in [1.807, 2.05) is 0 Å². The molecule has 0 heterocycles. The Bertz CT molecular complexity index is 191. The van der Waals surface area contributed by atoms with Gasteiger partial charge in [-0.2, -0.15) is 0 Å². The van der Waals surface area contributed by atoms with Crippen LogP contribution in [0.25, 0.3) is 0 Å². The molecular weight excluding hydrogens is 180 g/mol. The van der Waals surface area contributed by atoms with Gasteiger partial charge in [0.2, 0.25) is 0 Å². The van der Waals surface area contributed by atoms with Crippen molar-refractivity contribution in [2.24, 2.45) is 23.2 Å². The summed E-state index contributed by atoms with van der Waals surface area (Å²) < 4.78 is 0. The van der Waals surface area contributed by atoms with Gasteiger partial charge < -0.3 is 0 Å². The van der Waals surface area contributed by atoms with Gasteiger partial charge >= 0.3 is 0 Å². The third kappa shape index (κ3) is 3.50. The summed E-state index contributed by atoms with van der Waals surface area (Å²) in [5.41, 5.74) is 0.545. The maximum atomic E-state index is 2.41. The molecule has 3 rings (SSSR count). The second-order valence-electron chi connectivity index (χ2n) is 7.33. The minimum absolute atomic E-state index is 0.545. The molecule has 0 aromatic rings. The Labute approximate surface area is 95.8 Å². The van der Waals surface area contributed by atoms with E-state index in [0.29, 0.717) is 5.41 Å². The Hall–Kier alpha value is 0. The van der Waals surface area contributed by atoms with Gasteiger partial charge in [-0.05, 0) is 36.0 Å². The lowest BCUT2D eigenvalue weighted by atomic mass is 9.69. The molecule has 0 radical (unpaired) electrons. The molecule has 1 unspecified atom stereocenters. The van der Waals surface area contributed by atoms with Crippen LogP contribution in [0.5, 0.6) is 0 Å². The molecule has 3 saturated carbocycles. The molecule has 0 spiro atoms. The summed E-state index contributed by atoms with van der Waals surface area (Å²) in [4.78, 5) is 0. The fourth-order valence-electron chi connectivity index (χ4n) is 3.87. The standard InChI is InChI=1S/C15H28/c1-15(2,3)11-14-9-6-12-4-7-13(10-14)8-5-12/h12-14H,4-11H2,1-3H3. The zero-order chi connectivity index (χ0) is 10.9. The van der Waals surface area contributed by atoms with E-state index >= 15 is 0 Å². The van der Waals surface area contributed by atoms with Crippen molar-refractivity contribution in [3.8, 4) is 0 Å². The molecular formula is C15H28. The molecule has 88 valence electrons. The number of rotatable bonds is 1. The zero-order valence-electron chi connectivity index (χ0n) is 10.9. The molecule has 0 heteroatoms. The topological polar surface area (TPSA) is 0 Å². The Kier molecular flexibility index (Phi) is 3.42. The normalized spacial score (nSPS) is 37.4. The molecule has 3 aliphatic carbocycles. The van der Waals surface area contributed by atoms with E-state index in [9.17, 15) is 0 Å². The van der Waals surface area contributed by atoms with Crippen LogP contribution in [0, 0.1) is 23.2 Å². The van der Waals surface area contributed by atoms with Crippen molar-refractivity contribution in [3.05, 3.63) is 0 Å². The van der Waals surface area contributed by atoms with Crippen molar-refractivity contribution in [2.75, 3.05) is 0 Å². The third-order valence-corrected chi connectivity index (χ3v) is 4.52. The van der Waals surface area contributed by atoms with Gasteiger partial charge in [0.05, 0.1) is 0 Å². The Morgan fingerprint density at radius 2 is 1.33 bits per heavy atom. The van der Waals surface area contributed by atoms with E-state index in [0.717, 1.165) is 17.8 Å². The van der Waals surface area contributed by atoms with Gasteiger partial charge in [0, 0.05) is 0 Å². The summed E-state index contributed by atoms with van der Waals surface area (Å²) in [5, 5.41) is 0. The maximum Gasteiger partial charge on any atom is -0.0380 e. The highest BCUT2D eigenvalue weighted by atomic mass is 14.3. The molecule has 0 aliphatic heterocycles. The molecule has 2 bridgehead atoms. The van der Waals surface area contributed by atoms with Crippen molar-refractivity contribution in [3.63, 3.8) is 0 Å². The molecule has 0 amide bonds. The first kappa shape index (κ1) is 11.5. The monoisotopic (exact) mass is 208 g/mol. The first-order chi connectivity index (χ1) is 7.03. The van der Waals surface area contributed by atoms with E-state index in [-0.39, 0.29) is 0 Å². The van der Waals surface area contributed by atoms with Gasteiger partial charge in [-0.15, -0.1) is 0 Å². The van der Waals surface area contributed by atoms with Gasteiger partial charge in [-0.1, -0.05) is 59.3 Å². The smallest absolute Gasteiger partial charge is 0.0380 e. The fraction of sp³-hybridized carbons (Fsp3) is 1.00. The van der Waals surface area contributed by atoms with Crippen LogP contribution in [0.3, 0.4) is 0 Å². The Morgan fingerprint density at radius 1 is 0.800 bits per heavy atom. The number of fused-ring (bicyclic) bond motifs is 5. The molecule has 0 saturated heterocycles. The Morgan fingerprint density at radius 3 is 1.93 bits per heavy atom. The summed E-state index contributed by atoms with van der Waals surface area (Å²) in [6, 6.07) is 0. The lowest BCUT2D eigenvalue weighted by Gasteiger charge is -2.37. The predicted octanol–water partition coefficient (Wildman–Crippen LogP) is 5.03. The van der Waals surface area contributed by atoms with Crippen LogP contribution in [-0.2, 0) is 0 Å². The fourth-order valence-corrected chi connectivity index (χ4v) is 3.87. The molecule has 3 fully saturated rings. The summed E-state index contributed by atoms with van der Waals surface area (Å²) >= 11 is 0. The second kappa shape index (κ2) is 4.47. The number of hydrogen-bond donors (Lipinski definition) is 0. The van der Waals surface area contributed by atoms with Crippen LogP contribution >= 0.6 is 0 Å². The Balaban J connectivity index is 1.91. The quantitative estimate of drug-likeness (QED) is 0.567. The van der Waals surface area contributed by atoms with E-state index in [1.54, 1.807) is 32.1 Å². The summed E-state index contributed by atoms with van der Waals surface area (Å²) in [6.07, 6.45) is 12.3. The highest BCUT2D eigenvalue weighted by Gasteiger charge is 2.29. The van der Waals surface area contributed by atoms with Crippen molar-refractivity contribution in [2.45, 2.75) is 72.1 Å². The SMILES string of the molecule is CC(C)(C)CC1CCC2CCC(CC2)C1. The lowest BCUT2D eigenvalue weighted by Crippen LogP contribution is -2.24. The van der Waals surface area contributed by atoms with Crippen LogP contribution in [0.1, 0.15) is 72.1 Å². The van der Waals surface area contributed by atoms with Gasteiger partial charge in [0.1, 0.15) is 0 Å². The molecule has 0 aromatic heterocycles. The van der Waals surface area contributed by atoms with Crippen molar-refractivity contribution in [1.82, 2.24) is 0 Å². The minimum Gasteiger partial charge on any atom is -0.0602 e. The first-order valence-corrected chi connectivity index (χ1v) is 7.03. The average molecular weight is 208 g/mol. The predicted molar refractivity (Wildman–Crippen MR) is 66.9 cm³/mol. The number of hydrogen-bond acceptors (Lipinski definition) is 0. The van der Waals surface area contributed by atoms with E-state index < -0.39 is 0 Å². The van der Waals surface area contributed by atoms with Crippen molar-refractivity contribution in [1.29, 1.82) is 0 Å². The summed E-state index contributed by atoms with van der Waals surface area (Å²) in [6.45, 7) is 7.22.